The molecule has 0 atom stereocenters. The second-order valence-electron chi connectivity index (χ2n) is 2.96. The van der Waals surface area contributed by atoms with Gasteiger partial charge in [-0.1, -0.05) is 0 Å². The van der Waals surface area contributed by atoms with Crippen molar-refractivity contribution in [3.8, 4) is 5.75 Å². The van der Waals surface area contributed by atoms with Gasteiger partial charge in [0.25, 0.3) is 5.69 Å². The number of benzene rings is 1. The molecule has 0 aliphatic rings. The van der Waals surface area contributed by atoms with Crippen LogP contribution in [0, 0.1) is 17.0 Å². The van der Waals surface area contributed by atoms with Crippen LogP contribution in [-0.2, 0) is 0 Å². The number of thiophene rings is 1. The Morgan fingerprint density at radius 1 is 1.57 bits per heavy atom. The highest BCUT2D eigenvalue weighted by Gasteiger charge is 2.17. The first-order valence-electron chi connectivity index (χ1n) is 3.95. The number of fused-ring (bicyclic) bond motifs is 1. The molecule has 0 saturated carbocycles. The Balaban J connectivity index is 2.87. The van der Waals surface area contributed by atoms with E-state index in [0.717, 1.165) is 4.70 Å². The summed E-state index contributed by atoms with van der Waals surface area (Å²) in [4.78, 5) is 10.2. The molecule has 1 aromatic heterocycles. The average Bonchev–Trinajstić information content (AvgIpc) is 2.58. The Kier molecular flexibility index (Phi) is 1.89. The van der Waals surface area contributed by atoms with Crippen LogP contribution < -0.4 is 0 Å². The van der Waals surface area contributed by atoms with E-state index < -0.39 is 4.92 Å². The van der Waals surface area contributed by atoms with Crippen LogP contribution in [0.2, 0.25) is 0 Å². The van der Waals surface area contributed by atoms with Crippen molar-refractivity contribution in [2.45, 2.75) is 6.92 Å². The lowest BCUT2D eigenvalue weighted by Crippen LogP contribution is -1.91. The maximum atomic E-state index is 10.6. The number of hydrogen-bond donors (Lipinski definition) is 1. The summed E-state index contributed by atoms with van der Waals surface area (Å²) in [7, 11) is 0. The first-order chi connectivity index (χ1) is 6.61. The standard InChI is InChI=1S/C9H7NO3S/c1-5-7(10(12)13)4-8-6(9(5)11)2-3-14-8/h2-4,11H,1H3. The van der Waals surface area contributed by atoms with Crippen LogP contribution in [0.4, 0.5) is 5.69 Å². The SMILES string of the molecule is Cc1c([N+](=O)[O-])cc2sccc2c1O. The minimum absolute atomic E-state index is 0.00968. The van der Waals surface area contributed by atoms with Gasteiger partial charge < -0.3 is 5.11 Å². The molecule has 2 rings (SSSR count). The number of aromatic hydroxyl groups is 1. The molecule has 0 aliphatic heterocycles. The van der Waals surface area contributed by atoms with Gasteiger partial charge in [-0.25, -0.2) is 0 Å². The van der Waals surface area contributed by atoms with Gasteiger partial charge in [-0.3, -0.25) is 10.1 Å². The van der Waals surface area contributed by atoms with E-state index >= 15 is 0 Å². The van der Waals surface area contributed by atoms with Crippen molar-refractivity contribution in [3.05, 3.63) is 33.2 Å². The number of nitrogens with zero attached hydrogens (tertiary/aromatic N) is 1. The Morgan fingerprint density at radius 2 is 2.29 bits per heavy atom. The third kappa shape index (κ3) is 1.13. The topological polar surface area (TPSA) is 63.4 Å². The third-order valence-corrected chi connectivity index (χ3v) is 3.02. The van der Waals surface area contributed by atoms with E-state index in [9.17, 15) is 15.2 Å². The van der Waals surface area contributed by atoms with Crippen LogP contribution in [0.1, 0.15) is 5.56 Å². The molecule has 1 N–H and O–H groups in total. The molecule has 0 saturated heterocycles. The monoisotopic (exact) mass is 209 g/mol. The molecule has 0 radical (unpaired) electrons. The second-order valence-corrected chi connectivity index (χ2v) is 3.91. The maximum Gasteiger partial charge on any atom is 0.277 e. The summed E-state index contributed by atoms with van der Waals surface area (Å²) in [5.41, 5.74) is 0.290. The Hall–Kier alpha value is -1.62. The van der Waals surface area contributed by atoms with Gasteiger partial charge in [0, 0.05) is 16.2 Å². The number of phenolic OH excluding ortho intramolecular Hbond substituents is 1. The molecule has 5 heteroatoms. The van der Waals surface area contributed by atoms with E-state index in [2.05, 4.69) is 0 Å². The minimum Gasteiger partial charge on any atom is -0.507 e. The van der Waals surface area contributed by atoms with E-state index in [1.807, 2.05) is 0 Å². The molecule has 0 fully saturated rings. The third-order valence-electron chi connectivity index (χ3n) is 2.15. The van der Waals surface area contributed by atoms with Crippen LogP contribution in [0.15, 0.2) is 17.5 Å². The van der Waals surface area contributed by atoms with Gasteiger partial charge in [0.05, 0.1) is 10.5 Å². The van der Waals surface area contributed by atoms with Gasteiger partial charge in [0.2, 0.25) is 0 Å². The zero-order chi connectivity index (χ0) is 10.3. The molecular formula is C9H7NO3S. The number of phenols is 1. The first-order valence-corrected chi connectivity index (χ1v) is 4.83. The van der Waals surface area contributed by atoms with Crippen molar-refractivity contribution in [2.75, 3.05) is 0 Å². The van der Waals surface area contributed by atoms with Crippen LogP contribution in [0.25, 0.3) is 10.1 Å². The predicted octanol–water partition coefficient (Wildman–Crippen LogP) is 2.82. The second kappa shape index (κ2) is 2.95. The van der Waals surface area contributed by atoms with E-state index in [-0.39, 0.29) is 11.4 Å². The summed E-state index contributed by atoms with van der Waals surface area (Å²) in [5.74, 6) is 0.00968. The van der Waals surface area contributed by atoms with Gasteiger partial charge in [-0.05, 0) is 18.4 Å². The van der Waals surface area contributed by atoms with E-state index in [1.54, 1.807) is 18.4 Å². The maximum absolute atomic E-state index is 10.6. The number of rotatable bonds is 1. The van der Waals surface area contributed by atoms with Gasteiger partial charge in [-0.15, -0.1) is 11.3 Å². The highest BCUT2D eigenvalue weighted by molar-refractivity contribution is 7.17. The molecule has 4 nitrogen and oxygen atoms in total. The summed E-state index contributed by atoms with van der Waals surface area (Å²) < 4.78 is 0.736. The minimum atomic E-state index is -0.478. The molecule has 0 spiro atoms. The Labute approximate surface area is 83.6 Å². The average molecular weight is 209 g/mol. The fourth-order valence-electron chi connectivity index (χ4n) is 1.37. The molecule has 72 valence electrons. The van der Waals surface area contributed by atoms with Crippen molar-refractivity contribution in [1.29, 1.82) is 0 Å². The highest BCUT2D eigenvalue weighted by atomic mass is 32.1. The van der Waals surface area contributed by atoms with Crippen molar-refractivity contribution in [3.63, 3.8) is 0 Å². The number of nitro groups is 1. The van der Waals surface area contributed by atoms with E-state index in [0.29, 0.717) is 10.9 Å². The predicted molar refractivity (Wildman–Crippen MR) is 54.9 cm³/mol. The Morgan fingerprint density at radius 3 is 2.93 bits per heavy atom. The lowest BCUT2D eigenvalue weighted by molar-refractivity contribution is -0.385. The largest absolute Gasteiger partial charge is 0.507 e. The van der Waals surface area contributed by atoms with Crippen molar-refractivity contribution in [2.24, 2.45) is 0 Å². The van der Waals surface area contributed by atoms with E-state index in [4.69, 9.17) is 0 Å². The van der Waals surface area contributed by atoms with Gasteiger partial charge in [-0.2, -0.15) is 0 Å². The summed E-state index contributed by atoms with van der Waals surface area (Å²) >= 11 is 1.38. The van der Waals surface area contributed by atoms with E-state index in [1.165, 1.54) is 17.4 Å². The lowest BCUT2D eigenvalue weighted by atomic mass is 10.1. The normalized spacial score (nSPS) is 10.6. The first kappa shape index (κ1) is 8.96. The molecule has 2 aromatic rings. The number of nitro benzene ring substituents is 1. The fraction of sp³-hybridized carbons (Fsp3) is 0.111. The van der Waals surface area contributed by atoms with Crippen LogP contribution in [0.3, 0.4) is 0 Å². The van der Waals surface area contributed by atoms with Crippen LogP contribution >= 0.6 is 11.3 Å². The smallest absolute Gasteiger partial charge is 0.277 e. The molecule has 0 unspecified atom stereocenters. The molecular weight excluding hydrogens is 202 g/mol. The summed E-state index contributed by atoms with van der Waals surface area (Å²) in [6.07, 6.45) is 0. The summed E-state index contributed by atoms with van der Waals surface area (Å²) in [6.45, 7) is 1.55. The van der Waals surface area contributed by atoms with Crippen molar-refractivity contribution in [1.82, 2.24) is 0 Å². The molecule has 1 heterocycles. The van der Waals surface area contributed by atoms with Crippen LogP contribution in [0.5, 0.6) is 5.75 Å². The zero-order valence-electron chi connectivity index (χ0n) is 7.35. The molecule has 1 aromatic carbocycles. The number of hydrogen-bond acceptors (Lipinski definition) is 4. The summed E-state index contributed by atoms with van der Waals surface area (Å²) in [5, 5.41) is 22.8. The Bertz CT molecular complexity index is 518. The van der Waals surface area contributed by atoms with Crippen LogP contribution in [-0.4, -0.2) is 10.0 Å². The molecule has 0 aliphatic carbocycles. The van der Waals surface area contributed by atoms with Gasteiger partial charge in [0.1, 0.15) is 5.75 Å². The molecule has 0 amide bonds. The van der Waals surface area contributed by atoms with Crippen molar-refractivity contribution >= 4 is 27.1 Å². The van der Waals surface area contributed by atoms with Crippen molar-refractivity contribution < 1.29 is 10.0 Å². The lowest BCUT2D eigenvalue weighted by Gasteiger charge is -2.01. The van der Waals surface area contributed by atoms with Gasteiger partial charge in [0.15, 0.2) is 0 Å². The zero-order valence-corrected chi connectivity index (χ0v) is 8.17. The summed E-state index contributed by atoms with van der Waals surface area (Å²) in [6, 6.07) is 3.25. The molecule has 0 bridgehead atoms. The molecule has 14 heavy (non-hydrogen) atoms. The quantitative estimate of drug-likeness (QED) is 0.580. The van der Waals surface area contributed by atoms with Gasteiger partial charge >= 0.3 is 0 Å². The fourth-order valence-corrected chi connectivity index (χ4v) is 2.20. The highest BCUT2D eigenvalue weighted by Crippen LogP contribution is 2.37.